The van der Waals surface area contributed by atoms with Crippen molar-refractivity contribution in [1.29, 1.82) is 0 Å². The number of carbonyl (C=O) groups is 2. The van der Waals surface area contributed by atoms with Gasteiger partial charge in [0.15, 0.2) is 0 Å². The Hall–Kier alpha value is -2.36. The molecular formula is C18H19NO3. The molecule has 4 nitrogen and oxygen atoms in total. The lowest BCUT2D eigenvalue weighted by Gasteiger charge is -2.16. The van der Waals surface area contributed by atoms with Crippen LogP contribution in [-0.4, -0.2) is 23.0 Å². The number of rotatable bonds is 6. The van der Waals surface area contributed by atoms with Gasteiger partial charge in [0.25, 0.3) is 0 Å². The molecule has 2 aromatic rings. The zero-order valence-corrected chi connectivity index (χ0v) is 12.3. The van der Waals surface area contributed by atoms with Crippen molar-refractivity contribution >= 4 is 22.6 Å². The summed E-state index contributed by atoms with van der Waals surface area (Å²) in [7, 11) is 0. The highest BCUT2D eigenvalue weighted by atomic mass is 16.4. The highest BCUT2D eigenvalue weighted by Crippen LogP contribution is 2.34. The van der Waals surface area contributed by atoms with E-state index in [-0.39, 0.29) is 24.8 Å². The number of hydrogen-bond donors (Lipinski definition) is 2. The van der Waals surface area contributed by atoms with Crippen LogP contribution in [0, 0.1) is 5.92 Å². The van der Waals surface area contributed by atoms with E-state index in [1.807, 2.05) is 42.5 Å². The summed E-state index contributed by atoms with van der Waals surface area (Å²) < 4.78 is 0. The summed E-state index contributed by atoms with van der Waals surface area (Å²) in [6.07, 6.45) is 2.31. The van der Waals surface area contributed by atoms with Crippen molar-refractivity contribution in [3.05, 3.63) is 48.0 Å². The highest BCUT2D eigenvalue weighted by molar-refractivity contribution is 5.85. The van der Waals surface area contributed by atoms with Crippen LogP contribution < -0.4 is 5.32 Å². The quantitative estimate of drug-likeness (QED) is 0.861. The molecule has 22 heavy (non-hydrogen) atoms. The summed E-state index contributed by atoms with van der Waals surface area (Å²) in [4.78, 5) is 23.0. The van der Waals surface area contributed by atoms with Gasteiger partial charge in [-0.05, 0) is 35.1 Å². The van der Waals surface area contributed by atoms with Gasteiger partial charge in [-0.25, -0.2) is 0 Å². The van der Waals surface area contributed by atoms with Crippen molar-refractivity contribution in [2.45, 2.75) is 31.7 Å². The Bertz CT molecular complexity index is 706. The first-order valence-electron chi connectivity index (χ1n) is 7.60. The predicted octanol–water partition coefficient (Wildman–Crippen LogP) is 2.75. The molecule has 0 heterocycles. The Morgan fingerprint density at radius 3 is 2.55 bits per heavy atom. The lowest BCUT2D eigenvalue weighted by Crippen LogP contribution is -2.38. The standard InChI is InChI=1S/C18H19NO3/c20-17(19-16(11-18(21)22)14-7-8-14)10-12-5-6-13-3-1-2-4-15(13)9-12/h1-6,9,14,16H,7-8,10-11H2,(H,19,20)(H,21,22)/t16-/m0/s1. The molecule has 0 aliphatic heterocycles. The monoisotopic (exact) mass is 297 g/mol. The van der Waals surface area contributed by atoms with Crippen molar-refractivity contribution in [3.8, 4) is 0 Å². The fourth-order valence-corrected chi connectivity index (χ4v) is 2.81. The molecule has 1 aliphatic rings. The first kappa shape index (κ1) is 14.6. The first-order chi connectivity index (χ1) is 10.6. The molecule has 0 bridgehead atoms. The van der Waals surface area contributed by atoms with Crippen LogP contribution in [0.1, 0.15) is 24.8 Å². The van der Waals surface area contributed by atoms with Gasteiger partial charge in [0.05, 0.1) is 12.8 Å². The van der Waals surface area contributed by atoms with Crippen LogP contribution >= 0.6 is 0 Å². The number of nitrogens with one attached hydrogen (secondary N) is 1. The van der Waals surface area contributed by atoms with Gasteiger partial charge >= 0.3 is 5.97 Å². The Morgan fingerprint density at radius 1 is 1.14 bits per heavy atom. The van der Waals surface area contributed by atoms with Crippen molar-refractivity contribution in [2.24, 2.45) is 5.92 Å². The van der Waals surface area contributed by atoms with Crippen LogP contribution in [0.15, 0.2) is 42.5 Å². The predicted molar refractivity (Wildman–Crippen MR) is 84.6 cm³/mol. The minimum absolute atomic E-state index is 0.00806. The molecule has 1 amide bonds. The molecule has 0 radical (unpaired) electrons. The van der Waals surface area contributed by atoms with E-state index in [0.717, 1.165) is 29.2 Å². The Kier molecular flexibility index (Phi) is 4.09. The van der Waals surface area contributed by atoms with Crippen LogP contribution in [0.3, 0.4) is 0 Å². The lowest BCUT2D eigenvalue weighted by atomic mass is 10.0. The first-order valence-corrected chi connectivity index (χ1v) is 7.60. The van der Waals surface area contributed by atoms with Crippen LogP contribution in [0.2, 0.25) is 0 Å². The Labute approximate surface area is 129 Å². The molecule has 0 unspecified atom stereocenters. The van der Waals surface area contributed by atoms with E-state index in [0.29, 0.717) is 5.92 Å². The van der Waals surface area contributed by atoms with Gasteiger partial charge in [-0.2, -0.15) is 0 Å². The second-order valence-corrected chi connectivity index (χ2v) is 5.97. The van der Waals surface area contributed by atoms with E-state index < -0.39 is 5.97 Å². The van der Waals surface area contributed by atoms with E-state index in [1.54, 1.807) is 0 Å². The van der Waals surface area contributed by atoms with Crippen LogP contribution in [-0.2, 0) is 16.0 Å². The molecule has 0 aromatic heterocycles. The molecular weight excluding hydrogens is 278 g/mol. The molecule has 4 heteroatoms. The van der Waals surface area contributed by atoms with Gasteiger partial charge in [-0.15, -0.1) is 0 Å². The summed E-state index contributed by atoms with van der Waals surface area (Å²) in [5.74, 6) is -0.631. The fourth-order valence-electron chi connectivity index (χ4n) is 2.81. The number of aliphatic carboxylic acids is 1. The largest absolute Gasteiger partial charge is 0.481 e. The average Bonchev–Trinajstić information content (AvgIpc) is 3.30. The molecule has 1 aliphatic carbocycles. The molecule has 2 N–H and O–H groups in total. The normalized spacial score (nSPS) is 15.5. The third kappa shape index (κ3) is 3.64. The third-order valence-corrected chi connectivity index (χ3v) is 4.11. The van der Waals surface area contributed by atoms with E-state index in [4.69, 9.17) is 5.11 Å². The van der Waals surface area contributed by atoms with Gasteiger partial charge in [0, 0.05) is 6.04 Å². The number of carbonyl (C=O) groups excluding carboxylic acids is 1. The van der Waals surface area contributed by atoms with Crippen molar-refractivity contribution in [2.75, 3.05) is 0 Å². The smallest absolute Gasteiger partial charge is 0.305 e. The summed E-state index contributed by atoms with van der Waals surface area (Å²) in [6.45, 7) is 0. The zero-order valence-electron chi connectivity index (χ0n) is 12.3. The van der Waals surface area contributed by atoms with Crippen molar-refractivity contribution in [1.82, 2.24) is 5.32 Å². The highest BCUT2D eigenvalue weighted by Gasteiger charge is 2.33. The van der Waals surface area contributed by atoms with Crippen molar-refractivity contribution < 1.29 is 14.7 Å². The Balaban J connectivity index is 1.65. The number of amides is 1. The topological polar surface area (TPSA) is 66.4 Å². The molecule has 2 aromatic carbocycles. The van der Waals surface area contributed by atoms with E-state index >= 15 is 0 Å². The van der Waals surface area contributed by atoms with E-state index in [1.165, 1.54) is 0 Å². The maximum Gasteiger partial charge on any atom is 0.305 e. The summed E-state index contributed by atoms with van der Waals surface area (Å²) in [5, 5.41) is 14.1. The van der Waals surface area contributed by atoms with Gasteiger partial charge in [0.1, 0.15) is 0 Å². The molecule has 3 rings (SSSR count). The second-order valence-electron chi connectivity index (χ2n) is 5.97. The van der Waals surface area contributed by atoms with Gasteiger partial charge in [0.2, 0.25) is 5.91 Å². The number of hydrogen-bond acceptors (Lipinski definition) is 2. The van der Waals surface area contributed by atoms with Gasteiger partial charge in [-0.3, -0.25) is 9.59 Å². The van der Waals surface area contributed by atoms with Gasteiger partial charge < -0.3 is 10.4 Å². The molecule has 1 saturated carbocycles. The van der Waals surface area contributed by atoms with Crippen LogP contribution in [0.5, 0.6) is 0 Å². The second kappa shape index (κ2) is 6.18. The fraction of sp³-hybridized carbons (Fsp3) is 0.333. The summed E-state index contributed by atoms with van der Waals surface area (Å²) >= 11 is 0. The third-order valence-electron chi connectivity index (χ3n) is 4.11. The molecule has 0 spiro atoms. The van der Waals surface area contributed by atoms with E-state index in [2.05, 4.69) is 5.32 Å². The van der Waals surface area contributed by atoms with Crippen LogP contribution in [0.25, 0.3) is 10.8 Å². The average molecular weight is 297 g/mol. The Morgan fingerprint density at radius 2 is 1.86 bits per heavy atom. The molecule has 1 fully saturated rings. The summed E-state index contributed by atoms with van der Waals surface area (Å²) in [5.41, 5.74) is 0.945. The number of fused-ring (bicyclic) bond motifs is 1. The molecule has 0 saturated heterocycles. The lowest BCUT2D eigenvalue weighted by molar-refractivity contribution is -0.137. The minimum atomic E-state index is -0.858. The molecule has 114 valence electrons. The van der Waals surface area contributed by atoms with E-state index in [9.17, 15) is 9.59 Å². The number of benzene rings is 2. The SMILES string of the molecule is O=C(O)C[C@H](NC(=O)Cc1ccc2ccccc2c1)C1CC1. The van der Waals surface area contributed by atoms with Crippen molar-refractivity contribution in [3.63, 3.8) is 0 Å². The minimum Gasteiger partial charge on any atom is -0.481 e. The zero-order chi connectivity index (χ0) is 15.5. The van der Waals surface area contributed by atoms with Crippen LogP contribution in [0.4, 0.5) is 0 Å². The number of carboxylic acid groups (broad SMARTS) is 1. The summed E-state index contributed by atoms with van der Waals surface area (Å²) in [6, 6.07) is 13.8. The maximum atomic E-state index is 12.2. The maximum absolute atomic E-state index is 12.2. The number of carboxylic acids is 1. The molecule has 1 atom stereocenters. The van der Waals surface area contributed by atoms with Gasteiger partial charge in [-0.1, -0.05) is 42.5 Å².